The molecule has 2 heterocycles. The van der Waals surface area contributed by atoms with Crippen molar-refractivity contribution in [1.82, 2.24) is 19.9 Å². The number of benzene rings is 2. The molecule has 3 aromatic rings. The molecule has 3 fully saturated rings. The summed E-state index contributed by atoms with van der Waals surface area (Å²) < 4.78 is 34.0. The topological polar surface area (TPSA) is 164 Å². The maximum Gasteiger partial charge on any atom is 0.252 e. The molecule has 290 valence electrons. The van der Waals surface area contributed by atoms with E-state index in [1.165, 1.54) is 0 Å². The number of hydrogen-bond acceptors (Lipinski definition) is 8. The lowest BCUT2D eigenvalue weighted by atomic mass is 10.1. The number of nitrogens with one attached hydrogen (secondary N) is 3. The minimum absolute atomic E-state index is 0.00605. The molecule has 0 bridgehead atoms. The number of unbranched alkanes of at least 4 members (excludes halogenated alkanes) is 2. The third-order valence-corrected chi connectivity index (χ3v) is 10.8. The Kier molecular flexibility index (Phi) is 17.2. The van der Waals surface area contributed by atoms with Gasteiger partial charge in [0, 0.05) is 41.9 Å². The van der Waals surface area contributed by atoms with Crippen LogP contribution in [0.25, 0.3) is 22.2 Å². The van der Waals surface area contributed by atoms with Crippen LogP contribution in [-0.2, 0) is 29.1 Å². The second kappa shape index (κ2) is 21.3. The predicted molar refractivity (Wildman–Crippen MR) is 209 cm³/mol. The van der Waals surface area contributed by atoms with Crippen molar-refractivity contribution in [3.8, 4) is 17.0 Å². The molecule has 1 unspecified atom stereocenters. The minimum Gasteiger partial charge on any atom is -0.496 e. The van der Waals surface area contributed by atoms with Gasteiger partial charge in [-0.25, -0.2) is 8.42 Å². The molecular weight excluding hydrogens is 697 g/mol. The van der Waals surface area contributed by atoms with Crippen LogP contribution in [0, 0.1) is 6.92 Å². The van der Waals surface area contributed by atoms with E-state index in [0.29, 0.717) is 37.4 Å². The number of aromatic nitrogens is 1. The first-order valence-corrected chi connectivity index (χ1v) is 20.1. The first-order chi connectivity index (χ1) is 25.5. The second-order valence-electron chi connectivity index (χ2n) is 13.0. The van der Waals surface area contributed by atoms with Crippen molar-refractivity contribution < 1.29 is 32.3 Å². The number of rotatable bonds is 14. The van der Waals surface area contributed by atoms with Crippen LogP contribution in [0.5, 0.6) is 5.75 Å². The molecule has 2 aliphatic carbocycles. The maximum atomic E-state index is 12.5. The Morgan fingerprint density at radius 2 is 1.75 bits per heavy atom. The van der Waals surface area contributed by atoms with Crippen molar-refractivity contribution in [2.45, 2.75) is 109 Å². The minimum atomic E-state index is -3.26. The summed E-state index contributed by atoms with van der Waals surface area (Å²) in [6.07, 6.45) is 9.70. The van der Waals surface area contributed by atoms with Crippen LogP contribution >= 0.6 is 0 Å². The third kappa shape index (κ3) is 12.8. The van der Waals surface area contributed by atoms with Crippen molar-refractivity contribution in [3.05, 3.63) is 77.0 Å². The number of aromatic amines is 1. The molecule has 2 saturated carbocycles. The zero-order valence-electron chi connectivity index (χ0n) is 31.7. The van der Waals surface area contributed by atoms with Gasteiger partial charge in [-0.1, -0.05) is 50.3 Å². The van der Waals surface area contributed by atoms with Crippen LogP contribution in [0.4, 0.5) is 0 Å². The van der Waals surface area contributed by atoms with Gasteiger partial charge in [-0.2, -0.15) is 0 Å². The molecule has 3 aliphatic rings. The quantitative estimate of drug-likeness (QED) is 0.106. The van der Waals surface area contributed by atoms with Crippen LogP contribution in [0.15, 0.2) is 66.0 Å². The summed E-state index contributed by atoms with van der Waals surface area (Å²) in [6, 6.07) is 15.1. The lowest BCUT2D eigenvalue weighted by Gasteiger charge is -2.26. The van der Waals surface area contributed by atoms with Crippen LogP contribution in [0.3, 0.4) is 0 Å². The highest BCUT2D eigenvalue weighted by atomic mass is 32.2. The number of nitrogens with zero attached hydrogens (tertiary/aromatic N) is 1. The Morgan fingerprint density at radius 1 is 1.06 bits per heavy atom. The fourth-order valence-electron chi connectivity index (χ4n) is 5.76. The number of H-pyrrole nitrogens is 1. The molecule has 3 N–H and O–H groups in total. The van der Waals surface area contributed by atoms with Crippen LogP contribution in [-0.4, -0.2) is 80.2 Å². The summed E-state index contributed by atoms with van der Waals surface area (Å²) in [5, 5.41) is 3.38. The Morgan fingerprint density at radius 3 is 2.36 bits per heavy atom. The van der Waals surface area contributed by atoms with Gasteiger partial charge in [-0.05, 0) is 89.3 Å². The summed E-state index contributed by atoms with van der Waals surface area (Å²) in [5.74, 6) is 0.724. The number of hydrogen-bond donors (Lipinski definition) is 3. The highest BCUT2D eigenvalue weighted by Gasteiger charge is 2.38. The van der Waals surface area contributed by atoms with Gasteiger partial charge < -0.3 is 24.7 Å². The molecule has 0 radical (unpaired) electrons. The average molecular weight is 753 g/mol. The van der Waals surface area contributed by atoms with E-state index in [9.17, 15) is 27.6 Å². The average Bonchev–Trinajstić information content (AvgIpc) is 4.12. The van der Waals surface area contributed by atoms with Crippen molar-refractivity contribution in [2.24, 2.45) is 0 Å². The zero-order chi connectivity index (χ0) is 39.0. The number of ether oxygens (including phenoxy) is 2. The van der Waals surface area contributed by atoms with E-state index in [-0.39, 0.29) is 34.9 Å². The molecule has 1 saturated heterocycles. The number of fused-ring (bicyclic) bond motifs is 1. The number of carbonyl (C=O) groups is 3. The number of aryl methyl sites for hydroxylation is 1. The van der Waals surface area contributed by atoms with Gasteiger partial charge in [0.05, 0.1) is 17.9 Å². The highest BCUT2D eigenvalue weighted by molar-refractivity contribution is 7.90. The van der Waals surface area contributed by atoms with E-state index in [4.69, 9.17) is 9.47 Å². The molecule has 2 atom stereocenters. The number of methoxy groups -OCH3 is 1. The van der Waals surface area contributed by atoms with Gasteiger partial charge in [-0.3, -0.25) is 23.9 Å². The number of pyridine rings is 1. The number of sulfonamides is 1. The number of carbonyl (C=O) groups excluding carboxylic acids is 3. The van der Waals surface area contributed by atoms with Crippen molar-refractivity contribution in [1.29, 1.82) is 0 Å². The first-order valence-electron chi connectivity index (χ1n) is 18.5. The maximum absolute atomic E-state index is 12.5. The third-order valence-electron chi connectivity index (χ3n) is 8.98. The van der Waals surface area contributed by atoms with E-state index >= 15 is 0 Å². The largest absolute Gasteiger partial charge is 0.496 e. The Labute approximate surface area is 313 Å². The molecule has 0 spiro atoms. The van der Waals surface area contributed by atoms with E-state index in [1.54, 1.807) is 35.8 Å². The SMILES string of the molecule is C=CCCCCO[C@H](C)C(=O)N1CCCC1C(=O)NC1CC1.CC.COc1ccc2c(=O)cc(-c3ccccc3)[nH]c2c1C.O=CNS(=O)(=O)C1CC1. The van der Waals surface area contributed by atoms with E-state index < -0.39 is 16.1 Å². The van der Waals surface area contributed by atoms with Crippen molar-refractivity contribution in [3.63, 3.8) is 0 Å². The number of amides is 3. The van der Waals surface area contributed by atoms with Gasteiger partial charge in [0.15, 0.2) is 5.43 Å². The Bertz CT molecular complexity index is 1820. The van der Waals surface area contributed by atoms with Crippen molar-refractivity contribution >= 4 is 39.2 Å². The summed E-state index contributed by atoms with van der Waals surface area (Å²) in [4.78, 5) is 51.7. The lowest BCUT2D eigenvalue weighted by Crippen LogP contribution is -2.49. The Balaban J connectivity index is 0.000000225. The second-order valence-corrected chi connectivity index (χ2v) is 15.0. The molecule has 2 aromatic carbocycles. The monoisotopic (exact) mass is 752 g/mol. The van der Waals surface area contributed by atoms with E-state index in [0.717, 1.165) is 73.0 Å². The molecule has 6 rings (SSSR count). The molecule has 12 nitrogen and oxygen atoms in total. The normalized spacial score (nSPS) is 16.7. The smallest absolute Gasteiger partial charge is 0.252 e. The van der Waals surface area contributed by atoms with Crippen LogP contribution < -0.4 is 20.2 Å². The molecule has 3 amide bonds. The highest BCUT2D eigenvalue weighted by Crippen LogP contribution is 2.28. The van der Waals surface area contributed by atoms with Crippen LogP contribution in [0.1, 0.15) is 84.1 Å². The fourth-order valence-corrected chi connectivity index (χ4v) is 6.84. The first kappa shape index (κ1) is 42.9. The fraction of sp³-hybridized carbons (Fsp3) is 0.500. The molecule has 1 aromatic heterocycles. The van der Waals surface area contributed by atoms with Gasteiger partial charge >= 0.3 is 0 Å². The van der Waals surface area contributed by atoms with Gasteiger partial charge in [0.2, 0.25) is 22.3 Å². The molecule has 13 heteroatoms. The molecule has 1 aliphatic heterocycles. The summed E-state index contributed by atoms with van der Waals surface area (Å²) in [6.45, 7) is 12.7. The standard InChI is InChI=1S/C17H28N2O3.C17H15NO2.C4H7NO3S.C2H6/c1-3-4-5-6-12-22-13(2)17(21)19-11-7-8-15(19)16(20)18-14-9-10-14;1-11-16(20-2)9-8-13-15(19)10-14(18-17(11)13)12-6-4-3-5-7-12;6-3-5-9(7,8)4-1-2-4;1-2/h3,13-15H,1,4-12H2,2H3,(H,18,20);3-10H,1-2H3,(H,18,19);3-4H,1-2H2,(H,5,6);1-2H3/t13-,15?;;;/m1.../s1. The molecular formula is C40H56N4O8S. The van der Waals surface area contributed by atoms with Gasteiger partial charge in [-0.15, -0.1) is 6.58 Å². The van der Waals surface area contributed by atoms with Crippen LogP contribution in [0.2, 0.25) is 0 Å². The van der Waals surface area contributed by atoms with Gasteiger partial charge in [0.1, 0.15) is 17.9 Å². The summed E-state index contributed by atoms with van der Waals surface area (Å²) in [5.41, 5.74) is 3.60. The zero-order valence-corrected chi connectivity index (χ0v) is 32.5. The Hall–Kier alpha value is -4.49. The van der Waals surface area contributed by atoms with E-state index in [2.05, 4.69) is 16.9 Å². The summed E-state index contributed by atoms with van der Waals surface area (Å²) >= 11 is 0. The number of likely N-dealkylation sites (tertiary alicyclic amines) is 1. The summed E-state index contributed by atoms with van der Waals surface area (Å²) in [7, 11) is -1.62. The van der Waals surface area contributed by atoms with E-state index in [1.807, 2.05) is 63.2 Å². The number of allylic oxidation sites excluding steroid dienone is 1. The predicted octanol–water partition coefficient (Wildman–Crippen LogP) is 5.78. The van der Waals surface area contributed by atoms with Crippen molar-refractivity contribution in [2.75, 3.05) is 20.3 Å². The lowest BCUT2D eigenvalue weighted by molar-refractivity contribution is -0.147. The van der Waals surface area contributed by atoms with Gasteiger partial charge in [0.25, 0.3) is 5.91 Å². The molecule has 53 heavy (non-hydrogen) atoms.